The number of hydrogen-bond donors (Lipinski definition) is 1. The molecule has 3 aromatic rings. The van der Waals surface area contributed by atoms with Gasteiger partial charge in [0.2, 0.25) is 0 Å². The van der Waals surface area contributed by atoms with Gasteiger partial charge in [-0.1, -0.05) is 44.2 Å². The maximum Gasteiger partial charge on any atom is 0.339 e. The van der Waals surface area contributed by atoms with Crippen LogP contribution in [0.2, 0.25) is 0 Å². The van der Waals surface area contributed by atoms with Crippen LogP contribution in [-0.2, 0) is 12.2 Å². The van der Waals surface area contributed by atoms with Crippen molar-refractivity contribution in [2.45, 2.75) is 37.3 Å². The number of hydrogen-bond acceptors (Lipinski definition) is 5. The Bertz CT molecular complexity index is 1010. The first kappa shape index (κ1) is 24.0. The number of benzene rings is 2. The van der Waals surface area contributed by atoms with Crippen molar-refractivity contribution in [1.29, 1.82) is 0 Å². The van der Waals surface area contributed by atoms with E-state index in [0.29, 0.717) is 17.1 Å². The number of ether oxygens (including phenoxy) is 1. The SMILES string of the molecule is CCN(CC)CCCc1ccccc1SCc1ccc(-c2ccoc2)c(OC)c1C(=O)O. The van der Waals surface area contributed by atoms with E-state index < -0.39 is 5.97 Å². The Balaban J connectivity index is 1.79. The lowest BCUT2D eigenvalue weighted by molar-refractivity contribution is 0.0692. The number of thioether (sulfide) groups is 1. The zero-order valence-corrected chi connectivity index (χ0v) is 19.8. The zero-order chi connectivity index (χ0) is 22.9. The molecular formula is C26H31NO4S. The van der Waals surface area contributed by atoms with Gasteiger partial charge in [-0.05, 0) is 55.7 Å². The molecule has 32 heavy (non-hydrogen) atoms. The molecular weight excluding hydrogens is 422 g/mol. The normalized spacial score (nSPS) is 11.1. The van der Waals surface area contributed by atoms with Gasteiger partial charge in [0, 0.05) is 21.8 Å². The molecule has 0 saturated carbocycles. The molecule has 3 rings (SSSR count). The Kier molecular flexibility index (Phi) is 8.82. The van der Waals surface area contributed by atoms with E-state index in [1.165, 1.54) is 17.6 Å². The lowest BCUT2D eigenvalue weighted by Crippen LogP contribution is -2.24. The number of aryl methyl sites for hydroxylation is 1. The fourth-order valence-corrected chi connectivity index (χ4v) is 4.96. The standard InChI is InChI=1S/C26H31NO4S/c1-4-27(5-2)15-8-10-19-9-6-7-11-23(19)32-18-21-12-13-22(20-14-16-31-17-20)25(30-3)24(21)26(28)29/h6-7,9,11-14,16-17H,4-5,8,10,15,18H2,1-3H3,(H,28,29). The van der Waals surface area contributed by atoms with Gasteiger partial charge in [-0.3, -0.25) is 0 Å². The molecule has 0 aliphatic heterocycles. The van der Waals surface area contributed by atoms with Crippen molar-refractivity contribution in [3.63, 3.8) is 0 Å². The molecule has 6 heteroatoms. The average molecular weight is 454 g/mol. The third kappa shape index (κ3) is 5.75. The van der Waals surface area contributed by atoms with Crippen molar-refractivity contribution in [3.05, 3.63) is 71.7 Å². The Morgan fingerprint density at radius 3 is 2.53 bits per heavy atom. The Labute approximate surface area is 194 Å². The second kappa shape index (κ2) is 11.8. The summed E-state index contributed by atoms with van der Waals surface area (Å²) < 4.78 is 10.7. The van der Waals surface area contributed by atoms with Gasteiger partial charge < -0.3 is 19.2 Å². The van der Waals surface area contributed by atoms with E-state index in [4.69, 9.17) is 9.15 Å². The third-order valence-corrected chi connectivity index (χ3v) is 6.83. The lowest BCUT2D eigenvalue weighted by atomic mass is 9.99. The van der Waals surface area contributed by atoms with Gasteiger partial charge >= 0.3 is 5.97 Å². The van der Waals surface area contributed by atoms with Crippen LogP contribution in [0.1, 0.15) is 41.8 Å². The molecule has 0 bridgehead atoms. The Morgan fingerprint density at radius 1 is 1.09 bits per heavy atom. The maximum atomic E-state index is 12.1. The first-order valence-corrected chi connectivity index (χ1v) is 12.0. The van der Waals surface area contributed by atoms with Crippen LogP contribution in [0.25, 0.3) is 11.1 Å². The molecule has 5 nitrogen and oxygen atoms in total. The number of rotatable bonds is 12. The molecule has 170 valence electrons. The smallest absolute Gasteiger partial charge is 0.339 e. The summed E-state index contributed by atoms with van der Waals surface area (Å²) in [5.41, 5.74) is 3.76. The van der Waals surface area contributed by atoms with Crippen molar-refractivity contribution in [3.8, 4) is 16.9 Å². The molecule has 1 aromatic heterocycles. The molecule has 2 aromatic carbocycles. The van der Waals surface area contributed by atoms with Crippen molar-refractivity contribution >= 4 is 17.7 Å². The van der Waals surface area contributed by atoms with Gasteiger partial charge in [-0.25, -0.2) is 4.79 Å². The van der Waals surface area contributed by atoms with Crippen LogP contribution in [-0.4, -0.2) is 42.7 Å². The van der Waals surface area contributed by atoms with Crippen LogP contribution in [0.4, 0.5) is 0 Å². The van der Waals surface area contributed by atoms with Crippen LogP contribution < -0.4 is 4.74 Å². The first-order chi connectivity index (χ1) is 15.6. The van der Waals surface area contributed by atoms with E-state index in [2.05, 4.69) is 36.9 Å². The lowest BCUT2D eigenvalue weighted by Gasteiger charge is -2.18. The van der Waals surface area contributed by atoms with E-state index in [1.54, 1.807) is 30.4 Å². The number of furan rings is 1. The van der Waals surface area contributed by atoms with Gasteiger partial charge in [0.15, 0.2) is 0 Å². The predicted octanol–water partition coefficient (Wildman–Crippen LogP) is 6.22. The molecule has 0 atom stereocenters. The Morgan fingerprint density at radius 2 is 1.88 bits per heavy atom. The topological polar surface area (TPSA) is 62.9 Å². The minimum absolute atomic E-state index is 0.206. The van der Waals surface area contributed by atoms with Crippen LogP contribution >= 0.6 is 11.8 Å². The second-order valence-electron chi connectivity index (χ2n) is 7.52. The quantitative estimate of drug-likeness (QED) is 0.329. The highest BCUT2D eigenvalue weighted by Gasteiger charge is 2.21. The minimum atomic E-state index is -0.990. The number of carbonyl (C=O) groups is 1. The van der Waals surface area contributed by atoms with Crippen molar-refractivity contribution in [2.75, 3.05) is 26.7 Å². The van der Waals surface area contributed by atoms with Crippen LogP contribution in [0, 0.1) is 0 Å². The van der Waals surface area contributed by atoms with Crippen molar-refractivity contribution in [2.24, 2.45) is 0 Å². The first-order valence-electron chi connectivity index (χ1n) is 11.0. The van der Waals surface area contributed by atoms with Crippen molar-refractivity contribution < 1.29 is 19.1 Å². The molecule has 1 heterocycles. The number of carboxylic acids is 1. The third-order valence-electron chi connectivity index (χ3n) is 5.66. The fraction of sp³-hybridized carbons (Fsp3) is 0.346. The van der Waals surface area contributed by atoms with E-state index in [0.717, 1.165) is 43.6 Å². The Hall–Kier alpha value is -2.70. The summed E-state index contributed by atoms with van der Waals surface area (Å²) in [6.45, 7) is 7.61. The summed E-state index contributed by atoms with van der Waals surface area (Å²) in [6.07, 6.45) is 5.27. The summed E-state index contributed by atoms with van der Waals surface area (Å²) in [5.74, 6) is -0.0729. The summed E-state index contributed by atoms with van der Waals surface area (Å²) in [6, 6.07) is 14.0. The number of nitrogens with zero attached hydrogens (tertiary/aromatic N) is 1. The molecule has 0 fully saturated rings. The average Bonchev–Trinajstić information content (AvgIpc) is 3.35. The molecule has 0 saturated heterocycles. The fourth-order valence-electron chi connectivity index (χ4n) is 3.87. The molecule has 0 amide bonds. The molecule has 0 aliphatic rings. The predicted molar refractivity (Wildman–Crippen MR) is 130 cm³/mol. The van der Waals surface area contributed by atoms with Gasteiger partial charge in [-0.2, -0.15) is 0 Å². The summed E-state index contributed by atoms with van der Waals surface area (Å²) in [7, 11) is 1.51. The van der Waals surface area contributed by atoms with Gasteiger partial charge in [-0.15, -0.1) is 11.8 Å². The number of aromatic carboxylic acids is 1. The van der Waals surface area contributed by atoms with E-state index in [1.807, 2.05) is 18.2 Å². The molecule has 0 spiro atoms. The van der Waals surface area contributed by atoms with E-state index >= 15 is 0 Å². The van der Waals surface area contributed by atoms with E-state index in [9.17, 15) is 9.90 Å². The number of methoxy groups -OCH3 is 1. The summed E-state index contributed by atoms with van der Waals surface area (Å²) in [4.78, 5) is 15.8. The summed E-state index contributed by atoms with van der Waals surface area (Å²) >= 11 is 1.67. The largest absolute Gasteiger partial charge is 0.495 e. The minimum Gasteiger partial charge on any atom is -0.495 e. The van der Waals surface area contributed by atoms with Crippen molar-refractivity contribution in [1.82, 2.24) is 4.90 Å². The van der Waals surface area contributed by atoms with Crippen LogP contribution in [0.3, 0.4) is 0 Å². The molecule has 0 radical (unpaired) electrons. The van der Waals surface area contributed by atoms with E-state index in [-0.39, 0.29) is 5.56 Å². The van der Waals surface area contributed by atoms with Crippen LogP contribution in [0.5, 0.6) is 5.75 Å². The van der Waals surface area contributed by atoms with Crippen LogP contribution in [0.15, 0.2) is 64.3 Å². The highest BCUT2D eigenvalue weighted by atomic mass is 32.2. The monoisotopic (exact) mass is 453 g/mol. The molecule has 0 unspecified atom stereocenters. The highest BCUT2D eigenvalue weighted by Crippen LogP contribution is 2.38. The zero-order valence-electron chi connectivity index (χ0n) is 19.0. The van der Waals surface area contributed by atoms with Gasteiger partial charge in [0.05, 0.1) is 19.6 Å². The second-order valence-corrected chi connectivity index (χ2v) is 8.54. The highest BCUT2D eigenvalue weighted by molar-refractivity contribution is 7.98. The van der Waals surface area contributed by atoms with Gasteiger partial charge in [0.25, 0.3) is 0 Å². The molecule has 0 aliphatic carbocycles. The number of carboxylic acid groups (broad SMARTS) is 1. The maximum absolute atomic E-state index is 12.1. The summed E-state index contributed by atoms with van der Waals surface area (Å²) in [5, 5.41) is 9.95. The van der Waals surface area contributed by atoms with Gasteiger partial charge in [0.1, 0.15) is 11.3 Å². The molecule has 1 N–H and O–H groups in total.